The van der Waals surface area contributed by atoms with Crippen LogP contribution in [-0.4, -0.2) is 26.3 Å². The van der Waals surface area contributed by atoms with E-state index >= 15 is 0 Å². The molecule has 0 fully saturated rings. The second-order valence-electron chi connectivity index (χ2n) is 5.44. The molecule has 138 valence electrons. The standard InChI is InChI=1S/C17H13FN4O4S/c1-10(15(23)19-13-6-3-5-12(18)9-13)27-17-21-20-16(26-17)11-4-2-7-14(8-11)22(24)25/h2-10H,1H3,(H,19,23)/t10-/m1/s1. The number of nitrogens with one attached hydrogen (secondary N) is 1. The molecule has 1 atom stereocenters. The third kappa shape index (κ3) is 4.67. The number of rotatable bonds is 6. The quantitative estimate of drug-likeness (QED) is 0.387. The predicted octanol–water partition coefficient (Wildman–Crippen LogP) is 3.90. The summed E-state index contributed by atoms with van der Waals surface area (Å²) >= 11 is 1.02. The third-order valence-electron chi connectivity index (χ3n) is 3.45. The van der Waals surface area contributed by atoms with Crippen molar-refractivity contribution in [2.75, 3.05) is 5.32 Å². The van der Waals surface area contributed by atoms with Crippen molar-refractivity contribution < 1.29 is 18.5 Å². The van der Waals surface area contributed by atoms with Gasteiger partial charge in [-0.3, -0.25) is 14.9 Å². The van der Waals surface area contributed by atoms with Crippen LogP contribution in [0.15, 0.2) is 58.2 Å². The number of nitro groups is 1. The number of nitro benzene ring substituents is 1. The maximum absolute atomic E-state index is 13.2. The summed E-state index contributed by atoms with van der Waals surface area (Å²) in [6.07, 6.45) is 0. The van der Waals surface area contributed by atoms with Gasteiger partial charge in [0.05, 0.1) is 10.2 Å². The van der Waals surface area contributed by atoms with Crippen LogP contribution >= 0.6 is 11.8 Å². The van der Waals surface area contributed by atoms with Crippen molar-refractivity contribution in [1.82, 2.24) is 10.2 Å². The van der Waals surface area contributed by atoms with E-state index in [4.69, 9.17) is 4.42 Å². The van der Waals surface area contributed by atoms with Crippen LogP contribution < -0.4 is 5.32 Å². The molecule has 10 heteroatoms. The van der Waals surface area contributed by atoms with E-state index in [2.05, 4.69) is 15.5 Å². The molecule has 3 rings (SSSR count). The summed E-state index contributed by atoms with van der Waals surface area (Å²) in [4.78, 5) is 22.5. The Morgan fingerprint density at radius 3 is 2.78 bits per heavy atom. The van der Waals surface area contributed by atoms with Crippen LogP contribution in [0.1, 0.15) is 6.92 Å². The van der Waals surface area contributed by atoms with Crippen molar-refractivity contribution in [3.8, 4) is 11.5 Å². The van der Waals surface area contributed by atoms with E-state index in [9.17, 15) is 19.3 Å². The number of carbonyl (C=O) groups is 1. The number of non-ortho nitro benzene ring substituents is 1. The van der Waals surface area contributed by atoms with E-state index in [-0.39, 0.29) is 22.7 Å². The van der Waals surface area contributed by atoms with E-state index in [1.54, 1.807) is 19.1 Å². The average Bonchev–Trinajstić information content (AvgIpc) is 3.10. The van der Waals surface area contributed by atoms with Crippen LogP contribution in [0, 0.1) is 15.9 Å². The molecule has 0 aliphatic rings. The van der Waals surface area contributed by atoms with Crippen molar-refractivity contribution in [2.24, 2.45) is 0 Å². The van der Waals surface area contributed by atoms with Gasteiger partial charge in [0.25, 0.3) is 10.9 Å². The van der Waals surface area contributed by atoms with Gasteiger partial charge >= 0.3 is 0 Å². The van der Waals surface area contributed by atoms with Gasteiger partial charge in [0.2, 0.25) is 11.8 Å². The lowest BCUT2D eigenvalue weighted by Crippen LogP contribution is -2.22. The normalized spacial score (nSPS) is 11.8. The molecule has 1 amide bonds. The summed E-state index contributed by atoms with van der Waals surface area (Å²) in [5.41, 5.74) is 0.651. The number of carbonyl (C=O) groups excluding carboxylic acids is 1. The highest BCUT2D eigenvalue weighted by atomic mass is 32.2. The van der Waals surface area contributed by atoms with E-state index in [0.717, 1.165) is 11.8 Å². The molecule has 0 saturated heterocycles. The lowest BCUT2D eigenvalue weighted by atomic mass is 10.2. The number of aromatic nitrogens is 2. The molecule has 3 aromatic rings. The van der Waals surface area contributed by atoms with E-state index in [1.165, 1.54) is 36.4 Å². The topological polar surface area (TPSA) is 111 Å². The zero-order valence-electron chi connectivity index (χ0n) is 14.0. The minimum Gasteiger partial charge on any atom is -0.411 e. The van der Waals surface area contributed by atoms with Crippen LogP contribution in [0.5, 0.6) is 0 Å². The van der Waals surface area contributed by atoms with Gasteiger partial charge in [0.1, 0.15) is 5.82 Å². The van der Waals surface area contributed by atoms with E-state index < -0.39 is 16.0 Å². The molecule has 0 radical (unpaired) electrons. The first-order chi connectivity index (χ1) is 12.9. The first-order valence-corrected chi connectivity index (χ1v) is 8.62. The van der Waals surface area contributed by atoms with Crippen LogP contribution in [0.4, 0.5) is 15.8 Å². The molecule has 8 nitrogen and oxygen atoms in total. The molecule has 2 aromatic carbocycles. The summed E-state index contributed by atoms with van der Waals surface area (Å²) in [6, 6.07) is 11.4. The van der Waals surface area contributed by atoms with Gasteiger partial charge in [-0.25, -0.2) is 4.39 Å². The first-order valence-electron chi connectivity index (χ1n) is 7.74. The van der Waals surface area contributed by atoms with Gasteiger partial charge in [0.15, 0.2) is 0 Å². The molecular weight excluding hydrogens is 375 g/mol. The number of hydrogen-bond donors (Lipinski definition) is 1. The minimum absolute atomic E-state index is 0.0947. The van der Waals surface area contributed by atoms with Gasteiger partial charge < -0.3 is 9.73 Å². The number of nitrogens with zero attached hydrogens (tertiary/aromatic N) is 3. The van der Waals surface area contributed by atoms with E-state index in [1.807, 2.05) is 0 Å². The fraction of sp³-hybridized carbons (Fsp3) is 0.118. The summed E-state index contributed by atoms with van der Waals surface area (Å²) in [5.74, 6) is -0.703. The Labute approximate surface area is 156 Å². The van der Waals surface area contributed by atoms with Gasteiger partial charge in [-0.2, -0.15) is 0 Å². The zero-order chi connectivity index (χ0) is 19.4. The molecule has 1 N–H and O–H groups in total. The average molecular weight is 388 g/mol. The molecule has 0 bridgehead atoms. The van der Waals surface area contributed by atoms with Crippen LogP contribution in [-0.2, 0) is 4.79 Å². The summed E-state index contributed by atoms with van der Waals surface area (Å²) in [6.45, 7) is 1.64. The Morgan fingerprint density at radius 1 is 1.26 bits per heavy atom. The fourth-order valence-electron chi connectivity index (χ4n) is 2.14. The fourth-order valence-corrected chi connectivity index (χ4v) is 2.82. The lowest BCUT2D eigenvalue weighted by Gasteiger charge is -2.09. The van der Waals surface area contributed by atoms with Crippen LogP contribution in [0.3, 0.4) is 0 Å². The molecule has 27 heavy (non-hydrogen) atoms. The summed E-state index contributed by atoms with van der Waals surface area (Å²) in [7, 11) is 0. The number of benzene rings is 2. The van der Waals surface area contributed by atoms with Crippen molar-refractivity contribution in [3.63, 3.8) is 0 Å². The zero-order valence-corrected chi connectivity index (χ0v) is 14.8. The van der Waals surface area contributed by atoms with Crippen LogP contribution in [0.2, 0.25) is 0 Å². The largest absolute Gasteiger partial charge is 0.411 e. The molecule has 0 unspecified atom stereocenters. The van der Waals surface area contributed by atoms with Crippen molar-refractivity contribution in [2.45, 2.75) is 17.4 Å². The molecule has 1 aromatic heterocycles. The molecule has 0 spiro atoms. The Hall–Kier alpha value is -3.27. The van der Waals surface area contributed by atoms with Gasteiger partial charge in [-0.05, 0) is 31.2 Å². The smallest absolute Gasteiger partial charge is 0.277 e. The van der Waals surface area contributed by atoms with Crippen molar-refractivity contribution in [3.05, 3.63) is 64.5 Å². The van der Waals surface area contributed by atoms with Gasteiger partial charge in [-0.1, -0.05) is 23.9 Å². The lowest BCUT2D eigenvalue weighted by molar-refractivity contribution is -0.384. The molecule has 0 aliphatic heterocycles. The predicted molar refractivity (Wildman–Crippen MR) is 96.7 cm³/mol. The van der Waals surface area contributed by atoms with Crippen molar-refractivity contribution >= 4 is 29.0 Å². The summed E-state index contributed by atoms with van der Waals surface area (Å²) < 4.78 is 18.6. The molecular formula is C17H13FN4O4S. The second kappa shape index (κ2) is 7.96. The third-order valence-corrected chi connectivity index (χ3v) is 4.38. The monoisotopic (exact) mass is 388 g/mol. The maximum Gasteiger partial charge on any atom is 0.277 e. The molecule has 1 heterocycles. The number of amides is 1. The first kappa shape index (κ1) is 18.5. The minimum atomic E-state index is -0.591. The number of hydrogen-bond acceptors (Lipinski definition) is 7. The number of anilines is 1. The molecule has 0 aliphatic carbocycles. The maximum atomic E-state index is 13.2. The highest BCUT2D eigenvalue weighted by Gasteiger charge is 2.19. The Balaban J connectivity index is 1.67. The number of halogens is 1. The highest BCUT2D eigenvalue weighted by Crippen LogP contribution is 2.28. The number of thioether (sulfide) groups is 1. The Morgan fingerprint density at radius 2 is 2.04 bits per heavy atom. The Bertz CT molecular complexity index is 994. The van der Waals surface area contributed by atoms with Gasteiger partial charge in [0, 0.05) is 23.4 Å². The second-order valence-corrected chi connectivity index (χ2v) is 6.73. The van der Waals surface area contributed by atoms with E-state index in [0.29, 0.717) is 11.3 Å². The van der Waals surface area contributed by atoms with Crippen LogP contribution in [0.25, 0.3) is 11.5 Å². The SMILES string of the molecule is C[C@@H](Sc1nnc(-c2cccc([N+](=O)[O-])c2)o1)C(=O)Nc1cccc(F)c1. The Kier molecular flexibility index (Phi) is 5.46. The summed E-state index contributed by atoms with van der Waals surface area (Å²) in [5, 5.41) is 20.7. The van der Waals surface area contributed by atoms with Crippen molar-refractivity contribution in [1.29, 1.82) is 0 Å². The highest BCUT2D eigenvalue weighted by molar-refractivity contribution is 8.00. The molecule has 0 saturated carbocycles. The van der Waals surface area contributed by atoms with Gasteiger partial charge in [-0.15, -0.1) is 10.2 Å².